The molecule has 0 saturated carbocycles. The second-order valence-electron chi connectivity index (χ2n) is 7.45. The quantitative estimate of drug-likeness (QED) is 0.410. The summed E-state index contributed by atoms with van der Waals surface area (Å²) in [4.78, 5) is 17.0. The standard InChI is InChI=1S/C23H21FN6O2S/c1-26-9-13(8-25)15-6-19-16(7-20(15)32-14-4-5-31-10-14)23(28-11-27-19)30-17-2-3-18-22(21(17)24)33-12-29-18/h2-3,6-9,11-12,14H,4-5,10,25H2,1H3,(H,27,28,30)/b13-8+,26-9?. The Morgan fingerprint density at radius 2 is 2.21 bits per heavy atom. The van der Waals surface area contributed by atoms with Crippen molar-refractivity contribution < 1.29 is 13.9 Å². The van der Waals surface area contributed by atoms with Gasteiger partial charge in [0.1, 0.15) is 24.0 Å². The van der Waals surface area contributed by atoms with E-state index in [0.29, 0.717) is 57.2 Å². The minimum atomic E-state index is -0.370. The Labute approximate surface area is 193 Å². The highest BCUT2D eigenvalue weighted by atomic mass is 32.1. The summed E-state index contributed by atoms with van der Waals surface area (Å²) in [5, 5.41) is 3.80. The predicted molar refractivity (Wildman–Crippen MR) is 129 cm³/mol. The zero-order valence-electron chi connectivity index (χ0n) is 17.8. The molecule has 3 heterocycles. The van der Waals surface area contributed by atoms with Crippen LogP contribution in [0.25, 0.3) is 26.7 Å². The van der Waals surface area contributed by atoms with E-state index in [2.05, 4.69) is 25.3 Å². The number of nitrogens with two attached hydrogens (primary N) is 1. The van der Waals surface area contributed by atoms with Crippen LogP contribution in [0.1, 0.15) is 12.0 Å². The van der Waals surface area contributed by atoms with Crippen LogP contribution in [0.2, 0.25) is 0 Å². The van der Waals surface area contributed by atoms with Crippen molar-refractivity contribution in [2.45, 2.75) is 12.5 Å². The lowest BCUT2D eigenvalue weighted by atomic mass is 10.0. The van der Waals surface area contributed by atoms with E-state index in [0.717, 1.165) is 12.0 Å². The number of hydrogen-bond acceptors (Lipinski definition) is 9. The predicted octanol–water partition coefficient (Wildman–Crippen LogP) is 4.29. The summed E-state index contributed by atoms with van der Waals surface area (Å²) >= 11 is 1.25. The number of aromatic nitrogens is 3. The van der Waals surface area contributed by atoms with Gasteiger partial charge in [0.15, 0.2) is 5.82 Å². The number of allylic oxidation sites excluding steroid dienone is 1. The number of benzene rings is 2. The number of halogens is 1. The summed E-state index contributed by atoms with van der Waals surface area (Å²) in [6.45, 7) is 1.16. The largest absolute Gasteiger partial charge is 0.487 e. The summed E-state index contributed by atoms with van der Waals surface area (Å²) < 4.78 is 27.3. The lowest BCUT2D eigenvalue weighted by Gasteiger charge is -2.18. The zero-order chi connectivity index (χ0) is 22.8. The van der Waals surface area contributed by atoms with Crippen molar-refractivity contribution in [3.05, 3.63) is 53.7 Å². The zero-order valence-corrected chi connectivity index (χ0v) is 18.6. The topological polar surface area (TPSA) is 108 Å². The molecule has 2 aromatic carbocycles. The van der Waals surface area contributed by atoms with Crippen molar-refractivity contribution in [3.8, 4) is 5.75 Å². The van der Waals surface area contributed by atoms with Crippen LogP contribution in [0.4, 0.5) is 15.9 Å². The van der Waals surface area contributed by atoms with Crippen LogP contribution in [0.5, 0.6) is 5.75 Å². The molecule has 33 heavy (non-hydrogen) atoms. The maximum absolute atomic E-state index is 15.0. The van der Waals surface area contributed by atoms with Gasteiger partial charge in [0.2, 0.25) is 0 Å². The maximum atomic E-state index is 15.0. The van der Waals surface area contributed by atoms with E-state index in [1.807, 2.05) is 12.1 Å². The van der Waals surface area contributed by atoms with Gasteiger partial charge in [-0.25, -0.2) is 19.3 Å². The highest BCUT2D eigenvalue weighted by Gasteiger charge is 2.21. The molecule has 0 amide bonds. The third kappa shape index (κ3) is 4.10. The molecule has 0 radical (unpaired) electrons. The van der Waals surface area contributed by atoms with Gasteiger partial charge in [0.25, 0.3) is 0 Å². The molecule has 0 bridgehead atoms. The van der Waals surface area contributed by atoms with Crippen LogP contribution in [0.3, 0.4) is 0 Å². The minimum absolute atomic E-state index is 0.0778. The first-order valence-corrected chi connectivity index (χ1v) is 11.2. The Hall–Kier alpha value is -3.63. The van der Waals surface area contributed by atoms with Crippen LogP contribution < -0.4 is 15.8 Å². The van der Waals surface area contributed by atoms with Crippen LogP contribution >= 0.6 is 11.3 Å². The van der Waals surface area contributed by atoms with Gasteiger partial charge in [-0.2, -0.15) is 0 Å². The lowest BCUT2D eigenvalue weighted by Crippen LogP contribution is -2.17. The van der Waals surface area contributed by atoms with Crippen molar-refractivity contribution in [2.75, 3.05) is 25.6 Å². The monoisotopic (exact) mass is 464 g/mol. The molecule has 1 unspecified atom stereocenters. The average molecular weight is 465 g/mol. The van der Waals surface area contributed by atoms with Gasteiger partial charge in [0.05, 0.1) is 40.1 Å². The Kier molecular flexibility index (Phi) is 5.84. The van der Waals surface area contributed by atoms with E-state index in [4.69, 9.17) is 15.2 Å². The van der Waals surface area contributed by atoms with Crippen LogP contribution in [-0.2, 0) is 4.74 Å². The molecule has 1 aliphatic rings. The highest BCUT2D eigenvalue weighted by Crippen LogP contribution is 2.35. The summed E-state index contributed by atoms with van der Waals surface area (Å²) in [6.07, 6.45) is 5.29. The lowest BCUT2D eigenvalue weighted by molar-refractivity contribution is 0.141. The van der Waals surface area contributed by atoms with Gasteiger partial charge in [-0.05, 0) is 24.3 Å². The molecule has 2 aromatic heterocycles. The van der Waals surface area contributed by atoms with E-state index in [1.165, 1.54) is 23.9 Å². The van der Waals surface area contributed by atoms with Crippen molar-refractivity contribution >= 4 is 55.7 Å². The fraction of sp³-hybridized carbons (Fsp3) is 0.217. The molecule has 0 aliphatic carbocycles. The number of rotatable bonds is 6. The van der Waals surface area contributed by atoms with Crippen LogP contribution in [0.15, 0.2) is 47.3 Å². The normalized spacial score (nSPS) is 16.8. The van der Waals surface area contributed by atoms with Gasteiger partial charge in [-0.1, -0.05) is 0 Å². The van der Waals surface area contributed by atoms with E-state index in [9.17, 15) is 0 Å². The summed E-state index contributed by atoms with van der Waals surface area (Å²) in [6, 6.07) is 7.15. The fourth-order valence-electron chi connectivity index (χ4n) is 3.75. The Morgan fingerprint density at radius 3 is 3.00 bits per heavy atom. The molecular formula is C23H21FN6O2S. The molecule has 8 nitrogen and oxygen atoms in total. The maximum Gasteiger partial charge on any atom is 0.166 e. The van der Waals surface area contributed by atoms with Crippen molar-refractivity contribution in [1.29, 1.82) is 0 Å². The third-order valence-corrected chi connectivity index (χ3v) is 6.20. The number of anilines is 2. The molecule has 168 valence electrons. The van der Waals surface area contributed by atoms with Gasteiger partial charge in [-0.3, -0.25) is 4.99 Å². The highest BCUT2D eigenvalue weighted by molar-refractivity contribution is 7.16. The van der Waals surface area contributed by atoms with Crippen molar-refractivity contribution in [1.82, 2.24) is 15.0 Å². The summed E-state index contributed by atoms with van der Waals surface area (Å²) in [5.74, 6) is 0.695. The van der Waals surface area contributed by atoms with Gasteiger partial charge < -0.3 is 20.5 Å². The molecule has 5 rings (SSSR count). The number of nitrogens with one attached hydrogen (secondary N) is 1. The summed E-state index contributed by atoms with van der Waals surface area (Å²) in [5.41, 5.74) is 10.5. The minimum Gasteiger partial charge on any atom is -0.487 e. The Bertz CT molecular complexity index is 1380. The second-order valence-corrected chi connectivity index (χ2v) is 8.31. The number of ether oxygens (including phenoxy) is 2. The van der Waals surface area contributed by atoms with Crippen LogP contribution in [-0.4, -0.2) is 47.5 Å². The first kappa shape index (κ1) is 21.2. The van der Waals surface area contributed by atoms with Gasteiger partial charge in [-0.15, -0.1) is 11.3 Å². The molecule has 1 fully saturated rings. The first-order valence-electron chi connectivity index (χ1n) is 10.3. The Morgan fingerprint density at radius 1 is 1.30 bits per heavy atom. The smallest absolute Gasteiger partial charge is 0.166 e. The van der Waals surface area contributed by atoms with Gasteiger partial charge >= 0.3 is 0 Å². The molecule has 0 spiro atoms. The second kappa shape index (κ2) is 9.08. The van der Waals surface area contributed by atoms with Gasteiger partial charge in [0, 0.05) is 42.4 Å². The number of fused-ring (bicyclic) bond motifs is 2. The molecule has 1 saturated heterocycles. The van der Waals surface area contributed by atoms with E-state index < -0.39 is 0 Å². The molecular weight excluding hydrogens is 443 g/mol. The Balaban J connectivity index is 1.61. The average Bonchev–Trinajstić information content (AvgIpc) is 3.52. The number of nitrogens with zero attached hydrogens (tertiary/aromatic N) is 4. The fourth-order valence-corrected chi connectivity index (χ4v) is 4.48. The molecule has 4 aromatic rings. The molecule has 1 aliphatic heterocycles. The number of aliphatic imine (C=N–C) groups is 1. The van der Waals surface area contributed by atoms with Crippen molar-refractivity contribution in [2.24, 2.45) is 10.7 Å². The van der Waals surface area contributed by atoms with E-state index >= 15 is 4.39 Å². The number of hydrogen-bond donors (Lipinski definition) is 2. The molecule has 1 atom stereocenters. The first-order chi connectivity index (χ1) is 16.2. The number of thiazole rings is 1. The molecule has 10 heteroatoms. The SMILES string of the molecule is CN=C/C(=C\N)c1cc2ncnc(Nc3ccc4ncsc4c3F)c2cc1OC1CCOC1. The summed E-state index contributed by atoms with van der Waals surface area (Å²) in [7, 11) is 1.68. The molecule has 3 N–H and O–H groups in total. The van der Waals surface area contributed by atoms with E-state index in [-0.39, 0.29) is 11.9 Å². The van der Waals surface area contributed by atoms with Crippen LogP contribution in [0, 0.1) is 5.82 Å². The van der Waals surface area contributed by atoms with E-state index in [1.54, 1.807) is 30.9 Å². The third-order valence-electron chi connectivity index (χ3n) is 5.37. The van der Waals surface area contributed by atoms with Crippen molar-refractivity contribution in [3.63, 3.8) is 0 Å².